The van der Waals surface area contributed by atoms with Gasteiger partial charge in [0.2, 0.25) is 0 Å². The van der Waals surface area contributed by atoms with E-state index >= 15 is 0 Å². The summed E-state index contributed by atoms with van der Waals surface area (Å²) >= 11 is 0. The standard InChI is InChI=1S/C25H24F6N4O2/c1-13(2)32-23(37)21-14(3)6-5-7-17(21)22(36)33-18-9-8-16(10-15(18)4)12-35-20(25(29,30)31)11-19(34-35)24(26,27)28/h5-11,13H,12H2,1-4H3,(H,32,37)(H,33,36). The first-order valence-corrected chi connectivity index (χ1v) is 11.1. The van der Waals surface area contributed by atoms with Crippen LogP contribution in [0, 0.1) is 13.8 Å². The monoisotopic (exact) mass is 526 g/mol. The number of nitrogens with one attached hydrogen (secondary N) is 2. The molecule has 1 heterocycles. The normalized spacial score (nSPS) is 12.1. The molecule has 0 fully saturated rings. The third-order valence-electron chi connectivity index (χ3n) is 5.40. The number of amides is 2. The summed E-state index contributed by atoms with van der Waals surface area (Å²) in [5, 5.41) is 8.53. The van der Waals surface area contributed by atoms with Gasteiger partial charge in [0.1, 0.15) is 5.69 Å². The number of nitrogens with zero attached hydrogens (tertiary/aromatic N) is 2. The largest absolute Gasteiger partial charge is 0.435 e. The van der Waals surface area contributed by atoms with Gasteiger partial charge in [-0.05, 0) is 56.5 Å². The van der Waals surface area contributed by atoms with Gasteiger partial charge < -0.3 is 10.6 Å². The van der Waals surface area contributed by atoms with Crippen LogP contribution in [0.15, 0.2) is 42.5 Å². The molecule has 0 unspecified atom stereocenters. The Kier molecular flexibility index (Phi) is 7.70. The van der Waals surface area contributed by atoms with Gasteiger partial charge in [-0.1, -0.05) is 24.3 Å². The highest BCUT2D eigenvalue weighted by atomic mass is 19.4. The Balaban J connectivity index is 1.87. The summed E-state index contributed by atoms with van der Waals surface area (Å²) in [5.41, 5.74) is -1.23. The molecule has 0 aliphatic heterocycles. The van der Waals surface area contributed by atoms with E-state index in [1.165, 1.54) is 24.3 Å². The molecule has 6 nitrogen and oxygen atoms in total. The number of rotatable bonds is 6. The van der Waals surface area contributed by atoms with Crippen molar-refractivity contribution in [2.24, 2.45) is 0 Å². The van der Waals surface area contributed by atoms with Crippen LogP contribution in [0.1, 0.15) is 62.6 Å². The van der Waals surface area contributed by atoms with Crippen LogP contribution in [-0.4, -0.2) is 27.6 Å². The van der Waals surface area contributed by atoms with E-state index in [2.05, 4.69) is 15.7 Å². The first-order valence-electron chi connectivity index (χ1n) is 11.1. The third-order valence-corrected chi connectivity index (χ3v) is 5.40. The number of hydrogen-bond acceptors (Lipinski definition) is 3. The van der Waals surface area contributed by atoms with Crippen molar-refractivity contribution in [2.75, 3.05) is 5.32 Å². The molecule has 0 aliphatic carbocycles. The predicted octanol–water partition coefficient (Wildman–Crippen LogP) is 5.98. The number of halogens is 6. The lowest BCUT2D eigenvalue weighted by molar-refractivity contribution is -0.144. The molecule has 0 bridgehead atoms. The third kappa shape index (κ3) is 6.49. The predicted molar refractivity (Wildman–Crippen MR) is 124 cm³/mol. The second kappa shape index (κ2) is 10.3. The summed E-state index contributed by atoms with van der Waals surface area (Å²) < 4.78 is 78.9. The van der Waals surface area contributed by atoms with Gasteiger partial charge in [0.25, 0.3) is 11.8 Å². The van der Waals surface area contributed by atoms with E-state index in [9.17, 15) is 35.9 Å². The minimum Gasteiger partial charge on any atom is -0.350 e. The van der Waals surface area contributed by atoms with Crippen LogP contribution in [0.25, 0.3) is 0 Å². The van der Waals surface area contributed by atoms with E-state index < -0.39 is 42.1 Å². The SMILES string of the molecule is Cc1cc(Cn2nc(C(F)(F)F)cc2C(F)(F)F)ccc1NC(=O)c1cccc(C)c1C(=O)NC(C)C. The molecule has 2 N–H and O–H groups in total. The molecule has 12 heteroatoms. The Morgan fingerprint density at radius 3 is 2.16 bits per heavy atom. The van der Waals surface area contributed by atoms with Crippen molar-refractivity contribution in [1.82, 2.24) is 15.1 Å². The van der Waals surface area contributed by atoms with Crippen LogP contribution in [0.2, 0.25) is 0 Å². The highest BCUT2D eigenvalue weighted by Crippen LogP contribution is 2.35. The number of alkyl halides is 6. The highest BCUT2D eigenvalue weighted by molar-refractivity contribution is 6.13. The van der Waals surface area contributed by atoms with Crippen molar-refractivity contribution in [2.45, 2.75) is 52.6 Å². The molecule has 0 atom stereocenters. The number of carbonyl (C=O) groups is 2. The van der Waals surface area contributed by atoms with E-state index in [1.807, 2.05) is 0 Å². The van der Waals surface area contributed by atoms with Gasteiger partial charge in [-0.15, -0.1) is 0 Å². The lowest BCUT2D eigenvalue weighted by Crippen LogP contribution is -2.32. The topological polar surface area (TPSA) is 76.0 Å². The van der Waals surface area contributed by atoms with Crippen molar-refractivity contribution in [1.29, 1.82) is 0 Å². The Labute approximate surface area is 208 Å². The summed E-state index contributed by atoms with van der Waals surface area (Å²) in [7, 11) is 0. The Hall–Kier alpha value is -3.83. The van der Waals surface area contributed by atoms with Gasteiger partial charge in [-0.2, -0.15) is 31.4 Å². The lowest BCUT2D eigenvalue weighted by atomic mass is 10.00. The maximum absolute atomic E-state index is 13.3. The van der Waals surface area contributed by atoms with Gasteiger partial charge in [0, 0.05) is 17.8 Å². The van der Waals surface area contributed by atoms with Gasteiger partial charge in [-0.25, -0.2) is 0 Å². The van der Waals surface area contributed by atoms with Crippen LogP contribution in [-0.2, 0) is 18.9 Å². The highest BCUT2D eigenvalue weighted by Gasteiger charge is 2.41. The van der Waals surface area contributed by atoms with Gasteiger partial charge >= 0.3 is 12.4 Å². The fourth-order valence-electron chi connectivity index (χ4n) is 3.72. The smallest absolute Gasteiger partial charge is 0.350 e. The molecular formula is C25H24F6N4O2. The summed E-state index contributed by atoms with van der Waals surface area (Å²) in [6, 6.07) is 8.87. The second-order valence-electron chi connectivity index (χ2n) is 8.80. The molecule has 3 aromatic rings. The van der Waals surface area contributed by atoms with Gasteiger partial charge in [0.05, 0.1) is 17.7 Å². The van der Waals surface area contributed by atoms with Crippen LogP contribution in [0.3, 0.4) is 0 Å². The minimum atomic E-state index is -5.03. The molecule has 3 rings (SSSR count). The molecule has 0 spiro atoms. The van der Waals surface area contributed by atoms with Crippen molar-refractivity contribution in [3.8, 4) is 0 Å². The molecule has 0 saturated carbocycles. The molecule has 37 heavy (non-hydrogen) atoms. The van der Waals surface area contributed by atoms with Crippen LogP contribution < -0.4 is 10.6 Å². The first-order chi connectivity index (χ1) is 17.1. The molecule has 198 valence electrons. The number of benzene rings is 2. The fraction of sp³-hybridized carbons (Fsp3) is 0.320. The average Bonchev–Trinajstić information content (AvgIpc) is 3.19. The molecule has 2 aromatic carbocycles. The minimum absolute atomic E-state index is 0.0314. The number of anilines is 1. The quantitative estimate of drug-likeness (QED) is 0.389. The van der Waals surface area contributed by atoms with Crippen LogP contribution in [0.4, 0.5) is 32.0 Å². The van der Waals surface area contributed by atoms with E-state index in [0.717, 1.165) is 0 Å². The summed E-state index contributed by atoms with van der Waals surface area (Å²) in [4.78, 5) is 25.7. The van der Waals surface area contributed by atoms with E-state index in [4.69, 9.17) is 0 Å². The van der Waals surface area contributed by atoms with Gasteiger partial charge in [0.15, 0.2) is 5.69 Å². The van der Waals surface area contributed by atoms with Crippen molar-refractivity contribution in [3.63, 3.8) is 0 Å². The van der Waals surface area contributed by atoms with Crippen molar-refractivity contribution < 1.29 is 35.9 Å². The zero-order valence-corrected chi connectivity index (χ0v) is 20.3. The Bertz CT molecular complexity index is 1330. The van der Waals surface area contributed by atoms with E-state index in [0.29, 0.717) is 16.8 Å². The fourth-order valence-corrected chi connectivity index (χ4v) is 3.72. The zero-order chi connectivity index (χ0) is 27.7. The number of aromatic nitrogens is 2. The van der Waals surface area contributed by atoms with E-state index in [-0.39, 0.29) is 33.5 Å². The second-order valence-corrected chi connectivity index (χ2v) is 8.80. The maximum Gasteiger partial charge on any atom is 0.435 e. The number of carbonyl (C=O) groups excluding carboxylic acids is 2. The van der Waals surface area contributed by atoms with Crippen LogP contribution >= 0.6 is 0 Å². The number of aryl methyl sites for hydroxylation is 2. The molecule has 2 amide bonds. The molecule has 0 radical (unpaired) electrons. The molecule has 0 aliphatic rings. The van der Waals surface area contributed by atoms with Crippen molar-refractivity contribution in [3.05, 3.63) is 81.7 Å². The Morgan fingerprint density at radius 2 is 1.59 bits per heavy atom. The van der Waals surface area contributed by atoms with E-state index in [1.54, 1.807) is 39.8 Å². The Morgan fingerprint density at radius 1 is 0.919 bits per heavy atom. The molecular weight excluding hydrogens is 502 g/mol. The zero-order valence-electron chi connectivity index (χ0n) is 20.3. The van der Waals surface area contributed by atoms with Crippen LogP contribution in [0.5, 0.6) is 0 Å². The van der Waals surface area contributed by atoms with Gasteiger partial charge in [-0.3, -0.25) is 14.3 Å². The summed E-state index contributed by atoms with van der Waals surface area (Å²) in [5.74, 6) is -0.988. The maximum atomic E-state index is 13.3. The lowest BCUT2D eigenvalue weighted by Gasteiger charge is -2.16. The first kappa shape index (κ1) is 27.8. The molecule has 1 aromatic heterocycles. The molecule has 0 saturated heterocycles. The van der Waals surface area contributed by atoms with Crippen molar-refractivity contribution >= 4 is 17.5 Å². The average molecular weight is 526 g/mol. The number of hydrogen-bond donors (Lipinski definition) is 2. The summed E-state index contributed by atoms with van der Waals surface area (Å²) in [6.07, 6.45) is -10.1. The summed E-state index contributed by atoms with van der Waals surface area (Å²) in [6.45, 7) is 6.27.